The highest BCUT2D eigenvalue weighted by Crippen LogP contribution is 2.31. The molecule has 0 radical (unpaired) electrons. The van der Waals surface area contributed by atoms with E-state index < -0.39 is 0 Å². The quantitative estimate of drug-likeness (QED) is 0.650. The summed E-state index contributed by atoms with van der Waals surface area (Å²) >= 11 is 1.71. The lowest BCUT2D eigenvalue weighted by Crippen LogP contribution is -2.07. The molecule has 3 aromatic rings. The zero-order chi connectivity index (χ0) is 15.4. The van der Waals surface area contributed by atoms with Crippen molar-refractivity contribution in [3.63, 3.8) is 0 Å². The van der Waals surface area contributed by atoms with E-state index in [1.165, 1.54) is 10.3 Å². The molecule has 22 heavy (non-hydrogen) atoms. The third kappa shape index (κ3) is 3.31. The van der Waals surface area contributed by atoms with Crippen molar-refractivity contribution in [3.05, 3.63) is 77.1 Å². The molecule has 0 saturated carbocycles. The zero-order valence-electron chi connectivity index (χ0n) is 12.8. The van der Waals surface area contributed by atoms with Crippen LogP contribution in [0.3, 0.4) is 0 Å². The van der Waals surface area contributed by atoms with E-state index in [4.69, 9.17) is 4.74 Å². The van der Waals surface area contributed by atoms with Crippen molar-refractivity contribution in [3.8, 4) is 5.75 Å². The summed E-state index contributed by atoms with van der Waals surface area (Å²) in [6.45, 7) is 0. The molecule has 1 atom stereocenters. The van der Waals surface area contributed by atoms with Crippen LogP contribution in [0.4, 0.5) is 0 Å². The van der Waals surface area contributed by atoms with Gasteiger partial charge in [-0.15, -0.1) is 11.3 Å². The van der Waals surface area contributed by atoms with Gasteiger partial charge in [0.05, 0.1) is 0 Å². The molecule has 2 aromatic carbocycles. The minimum atomic E-state index is -0.0757. The predicted molar refractivity (Wildman–Crippen MR) is 94.5 cm³/mol. The molecule has 0 fully saturated rings. The highest BCUT2D eigenvalue weighted by Gasteiger charge is 2.13. The molecule has 3 rings (SSSR count). The summed E-state index contributed by atoms with van der Waals surface area (Å²) < 4.78 is 6.32. The van der Waals surface area contributed by atoms with E-state index in [1.807, 2.05) is 43.4 Å². The number of hydrogen-bond donors (Lipinski definition) is 0. The molecule has 0 aliphatic carbocycles. The van der Waals surface area contributed by atoms with Gasteiger partial charge in [0.15, 0.2) is 6.10 Å². The predicted octanol–water partition coefficient (Wildman–Crippen LogP) is 5.10. The molecule has 0 N–H and O–H groups in total. The van der Waals surface area contributed by atoms with Gasteiger partial charge in [-0.05, 0) is 35.2 Å². The molecular formula is C19H19NOS. The molecule has 3 heteroatoms. The van der Waals surface area contributed by atoms with Crippen LogP contribution in [-0.2, 0) is 0 Å². The lowest BCUT2D eigenvalue weighted by atomic mass is 10.1. The van der Waals surface area contributed by atoms with E-state index in [-0.39, 0.29) is 6.10 Å². The lowest BCUT2D eigenvalue weighted by molar-refractivity contribution is 0.260. The smallest absolute Gasteiger partial charge is 0.153 e. The van der Waals surface area contributed by atoms with Crippen molar-refractivity contribution in [1.29, 1.82) is 0 Å². The van der Waals surface area contributed by atoms with Crippen LogP contribution in [-0.4, -0.2) is 19.0 Å². The number of rotatable bonds is 5. The standard InChI is InChI=1S/C19H19NOS/c1-20(2)13-12-18(19-11-6-14-22-19)21-17-10-5-8-15-7-3-4-9-16(15)17/h3-14,18H,1-2H3/t18-/m0/s1. The first kappa shape index (κ1) is 14.7. The topological polar surface area (TPSA) is 12.5 Å². The Hall–Kier alpha value is -2.26. The Balaban J connectivity index is 1.95. The van der Waals surface area contributed by atoms with Crippen molar-refractivity contribution in [2.24, 2.45) is 0 Å². The average molecular weight is 309 g/mol. The monoisotopic (exact) mass is 309 g/mol. The van der Waals surface area contributed by atoms with E-state index in [1.54, 1.807) is 11.3 Å². The Kier molecular flexibility index (Phi) is 4.45. The first-order valence-corrected chi connectivity index (χ1v) is 8.14. The van der Waals surface area contributed by atoms with Crippen LogP contribution in [0.15, 0.2) is 72.3 Å². The van der Waals surface area contributed by atoms with Crippen molar-refractivity contribution in [2.45, 2.75) is 6.10 Å². The second kappa shape index (κ2) is 6.67. The summed E-state index contributed by atoms with van der Waals surface area (Å²) in [4.78, 5) is 3.22. The maximum atomic E-state index is 6.32. The van der Waals surface area contributed by atoms with Gasteiger partial charge in [-0.3, -0.25) is 0 Å². The Morgan fingerprint density at radius 2 is 1.82 bits per heavy atom. The SMILES string of the molecule is CN(C)C=C[C@H](Oc1cccc2ccccc12)c1cccs1. The van der Waals surface area contributed by atoms with E-state index in [0.717, 1.165) is 11.1 Å². The van der Waals surface area contributed by atoms with Gasteiger partial charge in [0.25, 0.3) is 0 Å². The fraction of sp³-hybridized carbons (Fsp3) is 0.158. The first-order chi connectivity index (χ1) is 10.7. The average Bonchev–Trinajstić information content (AvgIpc) is 3.05. The highest BCUT2D eigenvalue weighted by molar-refractivity contribution is 7.10. The summed E-state index contributed by atoms with van der Waals surface area (Å²) in [6, 6.07) is 18.7. The molecular weight excluding hydrogens is 290 g/mol. The van der Waals surface area contributed by atoms with E-state index >= 15 is 0 Å². The molecule has 1 aromatic heterocycles. The van der Waals surface area contributed by atoms with Crippen LogP contribution in [0, 0.1) is 0 Å². The third-order valence-electron chi connectivity index (χ3n) is 3.39. The summed E-state index contributed by atoms with van der Waals surface area (Å²) in [5.41, 5.74) is 0. The molecule has 0 amide bonds. The Morgan fingerprint density at radius 1 is 1.00 bits per heavy atom. The maximum Gasteiger partial charge on any atom is 0.153 e. The number of fused-ring (bicyclic) bond motifs is 1. The number of hydrogen-bond acceptors (Lipinski definition) is 3. The van der Waals surface area contributed by atoms with Crippen LogP contribution in [0.2, 0.25) is 0 Å². The summed E-state index contributed by atoms with van der Waals surface area (Å²) in [5, 5.41) is 4.42. The summed E-state index contributed by atoms with van der Waals surface area (Å²) in [7, 11) is 4.03. The van der Waals surface area contributed by atoms with E-state index in [9.17, 15) is 0 Å². The molecule has 1 heterocycles. The molecule has 0 aliphatic rings. The minimum Gasteiger partial charge on any atom is -0.480 e. The van der Waals surface area contributed by atoms with Crippen LogP contribution < -0.4 is 4.74 Å². The first-order valence-electron chi connectivity index (χ1n) is 7.26. The Bertz CT molecular complexity index is 757. The lowest BCUT2D eigenvalue weighted by Gasteiger charge is -2.17. The highest BCUT2D eigenvalue weighted by atomic mass is 32.1. The minimum absolute atomic E-state index is 0.0757. The molecule has 0 bridgehead atoms. The fourth-order valence-electron chi connectivity index (χ4n) is 2.33. The van der Waals surface area contributed by atoms with Gasteiger partial charge in [-0.25, -0.2) is 0 Å². The van der Waals surface area contributed by atoms with Crippen LogP contribution in [0.25, 0.3) is 10.8 Å². The molecule has 0 aliphatic heterocycles. The van der Waals surface area contributed by atoms with Crippen molar-refractivity contribution in [2.75, 3.05) is 14.1 Å². The molecule has 0 saturated heterocycles. The molecule has 112 valence electrons. The number of benzene rings is 2. The Morgan fingerprint density at radius 3 is 2.59 bits per heavy atom. The van der Waals surface area contributed by atoms with Crippen LogP contribution >= 0.6 is 11.3 Å². The maximum absolute atomic E-state index is 6.32. The second-order valence-electron chi connectivity index (χ2n) is 5.34. The van der Waals surface area contributed by atoms with Gasteiger partial charge >= 0.3 is 0 Å². The zero-order valence-corrected chi connectivity index (χ0v) is 13.6. The third-order valence-corrected chi connectivity index (χ3v) is 4.32. The van der Waals surface area contributed by atoms with Crippen molar-refractivity contribution < 1.29 is 4.74 Å². The molecule has 2 nitrogen and oxygen atoms in total. The van der Waals surface area contributed by atoms with Crippen LogP contribution in [0.1, 0.15) is 11.0 Å². The fourth-order valence-corrected chi connectivity index (χ4v) is 3.06. The molecule has 0 unspecified atom stereocenters. The number of ether oxygens (including phenoxy) is 1. The van der Waals surface area contributed by atoms with Crippen LogP contribution in [0.5, 0.6) is 5.75 Å². The second-order valence-corrected chi connectivity index (χ2v) is 6.32. The van der Waals surface area contributed by atoms with Gasteiger partial charge < -0.3 is 9.64 Å². The van der Waals surface area contributed by atoms with Gasteiger partial charge in [0, 0.05) is 24.4 Å². The van der Waals surface area contributed by atoms with Gasteiger partial charge in [-0.2, -0.15) is 0 Å². The van der Waals surface area contributed by atoms with E-state index in [2.05, 4.69) is 47.9 Å². The van der Waals surface area contributed by atoms with Gasteiger partial charge in [0.1, 0.15) is 5.75 Å². The van der Waals surface area contributed by atoms with Crippen molar-refractivity contribution >= 4 is 22.1 Å². The normalized spacial score (nSPS) is 12.6. The summed E-state index contributed by atoms with van der Waals surface area (Å²) in [5.74, 6) is 0.917. The Labute approximate surface area is 135 Å². The molecule has 0 spiro atoms. The van der Waals surface area contributed by atoms with Gasteiger partial charge in [0.2, 0.25) is 0 Å². The summed E-state index contributed by atoms with van der Waals surface area (Å²) in [6.07, 6.45) is 4.05. The number of nitrogens with zero attached hydrogens (tertiary/aromatic N) is 1. The number of thiophene rings is 1. The van der Waals surface area contributed by atoms with E-state index in [0.29, 0.717) is 0 Å². The van der Waals surface area contributed by atoms with Gasteiger partial charge in [-0.1, -0.05) is 42.5 Å². The largest absolute Gasteiger partial charge is 0.480 e. The van der Waals surface area contributed by atoms with Crippen molar-refractivity contribution in [1.82, 2.24) is 4.90 Å².